The van der Waals surface area contributed by atoms with Gasteiger partial charge in [-0.3, -0.25) is 4.79 Å². The molecule has 3 heteroatoms. The first-order chi connectivity index (χ1) is 8.22. The Kier molecular flexibility index (Phi) is 3.79. The van der Waals surface area contributed by atoms with E-state index in [1.165, 1.54) is 5.56 Å². The van der Waals surface area contributed by atoms with Crippen molar-refractivity contribution in [3.63, 3.8) is 0 Å². The van der Waals surface area contributed by atoms with Gasteiger partial charge in [-0.1, -0.05) is 12.1 Å². The van der Waals surface area contributed by atoms with Crippen molar-refractivity contribution in [1.82, 2.24) is 5.32 Å². The second-order valence-corrected chi connectivity index (χ2v) is 4.61. The van der Waals surface area contributed by atoms with Gasteiger partial charge in [0.2, 0.25) is 5.91 Å². The van der Waals surface area contributed by atoms with Crippen LogP contribution in [0.5, 0.6) is 0 Å². The molecule has 1 unspecified atom stereocenters. The Balaban J connectivity index is 2.17. The molecule has 1 aliphatic heterocycles. The number of benzene rings is 1. The number of carbonyl (C=O) groups is 1. The van der Waals surface area contributed by atoms with Crippen LogP contribution in [0.4, 0.5) is 5.69 Å². The van der Waals surface area contributed by atoms with E-state index in [4.69, 9.17) is 0 Å². The number of anilines is 1. The van der Waals surface area contributed by atoms with Crippen molar-refractivity contribution in [1.29, 1.82) is 0 Å². The number of aryl methyl sites for hydroxylation is 1. The molecule has 3 nitrogen and oxygen atoms in total. The normalized spacial score (nSPS) is 19.3. The van der Waals surface area contributed by atoms with Crippen LogP contribution in [0.1, 0.15) is 18.9 Å². The second kappa shape index (κ2) is 5.32. The van der Waals surface area contributed by atoms with Gasteiger partial charge >= 0.3 is 0 Å². The number of rotatable bonds is 3. The quantitative estimate of drug-likeness (QED) is 0.864. The summed E-state index contributed by atoms with van der Waals surface area (Å²) >= 11 is 0. The van der Waals surface area contributed by atoms with E-state index in [0.717, 1.165) is 31.7 Å². The third-order valence-electron chi connectivity index (χ3n) is 3.31. The molecule has 0 aliphatic carbocycles. The van der Waals surface area contributed by atoms with Crippen LogP contribution < -0.4 is 10.2 Å². The smallest absolute Gasteiger partial charge is 0.231 e. The highest BCUT2D eigenvalue weighted by atomic mass is 16.2. The average Bonchev–Trinajstić information content (AvgIpc) is 2.83. The fourth-order valence-electron chi connectivity index (χ4n) is 2.35. The molecule has 1 heterocycles. The van der Waals surface area contributed by atoms with Crippen molar-refractivity contribution in [3.05, 3.63) is 29.8 Å². The molecule has 1 amide bonds. The lowest BCUT2D eigenvalue weighted by molar-refractivity contribution is -0.121. The molecule has 1 aromatic rings. The molecule has 1 N–H and O–H groups in total. The number of hydrogen-bond donors (Lipinski definition) is 1. The predicted molar refractivity (Wildman–Crippen MR) is 70.2 cm³/mol. The molecular formula is C14H20N2O. The maximum atomic E-state index is 12.4. The average molecular weight is 232 g/mol. The molecule has 92 valence electrons. The molecule has 1 atom stereocenters. The molecule has 0 spiro atoms. The van der Waals surface area contributed by atoms with E-state index < -0.39 is 0 Å². The van der Waals surface area contributed by atoms with Crippen LogP contribution in [-0.2, 0) is 4.79 Å². The van der Waals surface area contributed by atoms with Crippen molar-refractivity contribution >= 4 is 11.6 Å². The van der Waals surface area contributed by atoms with Crippen LogP contribution in [-0.4, -0.2) is 25.5 Å². The van der Waals surface area contributed by atoms with Gasteiger partial charge in [-0.15, -0.1) is 0 Å². The van der Waals surface area contributed by atoms with Gasteiger partial charge in [0.25, 0.3) is 0 Å². The van der Waals surface area contributed by atoms with Crippen LogP contribution in [0.25, 0.3) is 0 Å². The fraction of sp³-hybridized carbons (Fsp3) is 0.500. The minimum Gasteiger partial charge on any atom is -0.316 e. The number of nitrogens with zero attached hydrogens (tertiary/aromatic N) is 1. The summed E-state index contributed by atoms with van der Waals surface area (Å²) in [4.78, 5) is 14.3. The second-order valence-electron chi connectivity index (χ2n) is 4.61. The summed E-state index contributed by atoms with van der Waals surface area (Å²) in [5.74, 6) is 0.401. The molecule has 0 radical (unpaired) electrons. The summed E-state index contributed by atoms with van der Waals surface area (Å²) < 4.78 is 0. The van der Waals surface area contributed by atoms with E-state index in [9.17, 15) is 4.79 Å². The van der Waals surface area contributed by atoms with Crippen molar-refractivity contribution < 1.29 is 4.79 Å². The minimum atomic E-state index is 0.149. The van der Waals surface area contributed by atoms with Gasteiger partial charge in [0.05, 0.1) is 5.92 Å². The van der Waals surface area contributed by atoms with Crippen LogP contribution in [0.15, 0.2) is 24.3 Å². The van der Waals surface area contributed by atoms with E-state index in [1.807, 2.05) is 24.0 Å². The zero-order valence-electron chi connectivity index (χ0n) is 10.6. The molecule has 2 rings (SSSR count). The fourth-order valence-corrected chi connectivity index (χ4v) is 2.35. The van der Waals surface area contributed by atoms with Gasteiger partial charge in [0.1, 0.15) is 0 Å². The molecule has 1 aromatic carbocycles. The Labute approximate surface area is 103 Å². The highest BCUT2D eigenvalue weighted by Crippen LogP contribution is 2.20. The third kappa shape index (κ3) is 2.67. The van der Waals surface area contributed by atoms with Crippen LogP contribution in [0.2, 0.25) is 0 Å². The zero-order chi connectivity index (χ0) is 12.3. The Morgan fingerprint density at radius 3 is 2.94 bits per heavy atom. The maximum absolute atomic E-state index is 12.4. The molecule has 0 saturated carbocycles. The summed E-state index contributed by atoms with van der Waals surface area (Å²) in [6.45, 7) is 6.60. The largest absolute Gasteiger partial charge is 0.316 e. The van der Waals surface area contributed by atoms with E-state index >= 15 is 0 Å². The summed E-state index contributed by atoms with van der Waals surface area (Å²) in [6, 6.07) is 8.15. The molecular weight excluding hydrogens is 212 g/mol. The highest BCUT2D eigenvalue weighted by molar-refractivity contribution is 5.95. The van der Waals surface area contributed by atoms with Crippen molar-refractivity contribution in [3.8, 4) is 0 Å². The first-order valence-electron chi connectivity index (χ1n) is 6.31. The predicted octanol–water partition coefficient (Wildman–Crippen LogP) is 1.96. The summed E-state index contributed by atoms with van der Waals surface area (Å²) in [7, 11) is 0. The van der Waals surface area contributed by atoms with Gasteiger partial charge < -0.3 is 10.2 Å². The molecule has 1 saturated heterocycles. The summed E-state index contributed by atoms with van der Waals surface area (Å²) in [5.41, 5.74) is 2.21. The number of amides is 1. The van der Waals surface area contributed by atoms with E-state index in [0.29, 0.717) is 0 Å². The SMILES string of the molecule is CCN(C(=O)C1CCNC1)c1cccc(C)c1. The Morgan fingerprint density at radius 2 is 2.35 bits per heavy atom. The van der Waals surface area contributed by atoms with E-state index in [-0.39, 0.29) is 11.8 Å². The lowest BCUT2D eigenvalue weighted by atomic mass is 10.1. The summed E-state index contributed by atoms with van der Waals surface area (Å²) in [6.07, 6.45) is 0.959. The maximum Gasteiger partial charge on any atom is 0.231 e. The van der Waals surface area contributed by atoms with Crippen molar-refractivity contribution in [2.45, 2.75) is 20.3 Å². The lowest BCUT2D eigenvalue weighted by Gasteiger charge is -2.24. The van der Waals surface area contributed by atoms with Crippen molar-refractivity contribution in [2.24, 2.45) is 5.92 Å². The minimum absolute atomic E-state index is 0.149. The number of hydrogen-bond acceptors (Lipinski definition) is 2. The van der Waals surface area contributed by atoms with Crippen LogP contribution in [0, 0.1) is 12.8 Å². The third-order valence-corrected chi connectivity index (χ3v) is 3.31. The summed E-state index contributed by atoms with van der Waals surface area (Å²) in [5, 5.41) is 3.25. The first-order valence-corrected chi connectivity index (χ1v) is 6.31. The zero-order valence-corrected chi connectivity index (χ0v) is 10.6. The van der Waals surface area contributed by atoms with E-state index in [2.05, 4.69) is 24.4 Å². The number of carbonyl (C=O) groups excluding carboxylic acids is 1. The van der Waals surface area contributed by atoms with Gasteiger partial charge in [-0.05, 0) is 44.5 Å². The molecule has 0 bridgehead atoms. The lowest BCUT2D eigenvalue weighted by Crippen LogP contribution is -2.37. The van der Waals surface area contributed by atoms with Crippen LogP contribution in [0.3, 0.4) is 0 Å². The van der Waals surface area contributed by atoms with Gasteiger partial charge in [0, 0.05) is 18.8 Å². The Bertz CT molecular complexity index is 397. The van der Waals surface area contributed by atoms with Gasteiger partial charge in [-0.25, -0.2) is 0 Å². The highest BCUT2D eigenvalue weighted by Gasteiger charge is 2.27. The number of nitrogens with one attached hydrogen (secondary N) is 1. The first kappa shape index (κ1) is 12.1. The van der Waals surface area contributed by atoms with Crippen molar-refractivity contribution in [2.75, 3.05) is 24.5 Å². The topological polar surface area (TPSA) is 32.3 Å². The standard InChI is InChI=1S/C14H20N2O/c1-3-16(13-6-4-5-11(2)9-13)14(17)12-7-8-15-10-12/h4-6,9,12,15H,3,7-8,10H2,1-2H3. The molecule has 17 heavy (non-hydrogen) atoms. The Morgan fingerprint density at radius 1 is 1.53 bits per heavy atom. The Hall–Kier alpha value is -1.35. The monoisotopic (exact) mass is 232 g/mol. The van der Waals surface area contributed by atoms with Crippen LogP contribution >= 0.6 is 0 Å². The van der Waals surface area contributed by atoms with Gasteiger partial charge in [-0.2, -0.15) is 0 Å². The molecule has 1 fully saturated rings. The molecule has 0 aromatic heterocycles. The van der Waals surface area contributed by atoms with Gasteiger partial charge in [0.15, 0.2) is 0 Å². The molecule has 1 aliphatic rings. The van der Waals surface area contributed by atoms with E-state index in [1.54, 1.807) is 0 Å².